The van der Waals surface area contributed by atoms with Gasteiger partial charge in [-0.15, -0.1) is 0 Å². The van der Waals surface area contributed by atoms with Crippen LogP contribution < -0.4 is 15.8 Å². The first-order valence-electron chi connectivity index (χ1n) is 14.6. The largest absolute Gasteiger partial charge is 0.379 e. The number of H-pyrrole nitrogens is 2. The zero-order valence-electron chi connectivity index (χ0n) is 22.7. The maximum atomic E-state index is 16.0. The summed E-state index contributed by atoms with van der Waals surface area (Å²) in [6.45, 7) is 4.62. The van der Waals surface area contributed by atoms with E-state index in [4.69, 9.17) is 4.98 Å². The van der Waals surface area contributed by atoms with Gasteiger partial charge in [0.2, 0.25) is 0 Å². The molecule has 0 spiro atoms. The summed E-state index contributed by atoms with van der Waals surface area (Å²) in [4.78, 5) is 33.7. The highest BCUT2D eigenvalue weighted by atomic mass is 19.1. The van der Waals surface area contributed by atoms with Gasteiger partial charge in [-0.25, -0.2) is 9.37 Å². The number of para-hydroxylation sites is 2. The normalized spacial score (nSPS) is 24.0. The lowest BCUT2D eigenvalue weighted by Gasteiger charge is -2.45. The van der Waals surface area contributed by atoms with Crippen LogP contribution in [-0.2, 0) is 0 Å². The van der Waals surface area contributed by atoms with Crippen molar-refractivity contribution in [2.45, 2.75) is 31.2 Å². The molecule has 8 nitrogen and oxygen atoms in total. The number of aromatic nitrogens is 4. The van der Waals surface area contributed by atoms with Crippen LogP contribution in [0.2, 0.25) is 0 Å². The van der Waals surface area contributed by atoms with Gasteiger partial charge in [-0.1, -0.05) is 12.1 Å². The summed E-state index contributed by atoms with van der Waals surface area (Å²) in [7, 11) is 0. The number of imidazole rings is 1. The van der Waals surface area contributed by atoms with Crippen molar-refractivity contribution in [3.63, 3.8) is 0 Å². The van der Waals surface area contributed by atoms with Gasteiger partial charge in [0.05, 0.1) is 27.9 Å². The quantitative estimate of drug-likeness (QED) is 0.282. The first-order valence-corrected chi connectivity index (χ1v) is 14.6. The van der Waals surface area contributed by atoms with Gasteiger partial charge in [-0.3, -0.25) is 9.78 Å². The van der Waals surface area contributed by atoms with Crippen LogP contribution >= 0.6 is 0 Å². The van der Waals surface area contributed by atoms with Crippen LogP contribution in [0.3, 0.4) is 0 Å². The van der Waals surface area contributed by atoms with E-state index in [1.54, 1.807) is 6.07 Å². The zero-order chi connectivity index (χ0) is 27.5. The van der Waals surface area contributed by atoms with Crippen molar-refractivity contribution in [1.29, 1.82) is 0 Å². The molecule has 4 aliphatic heterocycles. The van der Waals surface area contributed by atoms with Gasteiger partial charge in [0.1, 0.15) is 17.2 Å². The molecule has 9 heteroatoms. The molecule has 41 heavy (non-hydrogen) atoms. The van der Waals surface area contributed by atoms with Crippen molar-refractivity contribution in [3.05, 3.63) is 82.7 Å². The maximum absolute atomic E-state index is 16.0. The van der Waals surface area contributed by atoms with E-state index in [2.05, 4.69) is 30.1 Å². The third-order valence-electron chi connectivity index (χ3n) is 9.40. The summed E-state index contributed by atoms with van der Waals surface area (Å²) >= 11 is 0. The van der Waals surface area contributed by atoms with Gasteiger partial charge in [-0.2, -0.15) is 0 Å². The third kappa shape index (κ3) is 4.26. The average molecular weight is 550 g/mol. The molecular formula is C32H32FN7O. The molecule has 0 radical (unpaired) electrons. The second-order valence-corrected chi connectivity index (χ2v) is 11.8. The molecule has 0 amide bonds. The number of halogens is 1. The molecule has 4 fully saturated rings. The molecule has 5 aromatic rings. The smallest absolute Gasteiger partial charge is 0.261 e. The lowest BCUT2D eigenvalue weighted by molar-refractivity contribution is 0.0976. The molecule has 2 bridgehead atoms. The molecular weight excluding hydrogens is 517 g/mol. The highest BCUT2D eigenvalue weighted by Gasteiger charge is 2.35. The molecule has 1 unspecified atom stereocenters. The molecule has 208 valence electrons. The number of anilines is 2. The molecule has 0 saturated carbocycles. The summed E-state index contributed by atoms with van der Waals surface area (Å²) < 4.78 is 16.0. The van der Waals surface area contributed by atoms with Crippen molar-refractivity contribution < 1.29 is 4.39 Å². The molecule has 9 rings (SSSR count). The lowest BCUT2D eigenvalue weighted by atomic mass is 9.83. The highest BCUT2D eigenvalue weighted by molar-refractivity contribution is 6.00. The Hall–Kier alpha value is -4.24. The van der Waals surface area contributed by atoms with Crippen LogP contribution in [0, 0.1) is 11.7 Å². The Morgan fingerprint density at radius 3 is 2.54 bits per heavy atom. The van der Waals surface area contributed by atoms with Crippen LogP contribution in [0.1, 0.15) is 30.7 Å². The molecule has 7 heterocycles. The Morgan fingerprint density at radius 2 is 1.76 bits per heavy atom. The lowest BCUT2D eigenvalue weighted by Crippen LogP contribution is -2.53. The first kappa shape index (κ1) is 24.5. The standard InChI is InChI=1S/C32H32FN7O/c33-23-15-22-26(16-28(23)40-14-9-21(17-40)19-5-10-34-11-6-19)38-32(41)29(31-36-24-3-1-2-4-25(24)37-31)30(22)35-27-18-39-12-7-20(27)8-13-39/h1-6,10-11,15-16,20-21,27H,7-9,12-14,17-18H2,(H,36,37)(H2,35,38,41)/t21?,27-/m0/s1. The predicted molar refractivity (Wildman–Crippen MR) is 160 cm³/mol. The second-order valence-electron chi connectivity index (χ2n) is 11.8. The maximum Gasteiger partial charge on any atom is 0.261 e. The fourth-order valence-corrected chi connectivity index (χ4v) is 7.20. The number of nitrogens with zero attached hydrogens (tertiary/aromatic N) is 4. The van der Waals surface area contributed by atoms with Crippen LogP contribution in [-0.4, -0.2) is 63.6 Å². The van der Waals surface area contributed by atoms with Crippen molar-refractivity contribution in [2.75, 3.05) is 42.9 Å². The van der Waals surface area contributed by atoms with Gasteiger partial charge in [0.25, 0.3) is 5.56 Å². The Bertz CT molecular complexity index is 1780. The van der Waals surface area contributed by atoms with Crippen LogP contribution in [0.5, 0.6) is 0 Å². The van der Waals surface area contributed by atoms with E-state index in [9.17, 15) is 4.79 Å². The molecule has 4 saturated heterocycles. The van der Waals surface area contributed by atoms with Crippen molar-refractivity contribution in [2.24, 2.45) is 5.92 Å². The van der Waals surface area contributed by atoms with Crippen molar-refractivity contribution in [1.82, 2.24) is 24.8 Å². The van der Waals surface area contributed by atoms with Crippen LogP contribution in [0.15, 0.2) is 65.7 Å². The van der Waals surface area contributed by atoms with E-state index < -0.39 is 0 Å². The minimum atomic E-state index is -0.285. The van der Waals surface area contributed by atoms with Crippen molar-refractivity contribution in [3.8, 4) is 11.4 Å². The SMILES string of the molecule is O=c1[nH]c2cc(N3CCC(c4ccncc4)C3)c(F)cc2c(N[C@H]2CN3CCC2CC3)c1-c1nc2ccccc2[nH]1. The van der Waals surface area contributed by atoms with E-state index >= 15 is 4.39 Å². The number of rotatable bonds is 5. The molecule has 3 aromatic heterocycles. The van der Waals surface area contributed by atoms with Crippen molar-refractivity contribution >= 4 is 33.3 Å². The third-order valence-corrected chi connectivity index (χ3v) is 9.40. The van der Waals surface area contributed by atoms with Crippen LogP contribution in [0.25, 0.3) is 33.3 Å². The van der Waals surface area contributed by atoms with E-state index in [0.29, 0.717) is 45.5 Å². The molecule has 2 aromatic carbocycles. The fourth-order valence-electron chi connectivity index (χ4n) is 7.20. The van der Waals surface area contributed by atoms with E-state index in [-0.39, 0.29) is 17.4 Å². The number of fused-ring (bicyclic) bond motifs is 5. The molecule has 0 aliphatic carbocycles. The predicted octanol–water partition coefficient (Wildman–Crippen LogP) is 5.11. The fraction of sp³-hybridized carbons (Fsp3) is 0.344. The second kappa shape index (κ2) is 9.69. The van der Waals surface area contributed by atoms with Gasteiger partial charge in [-0.05, 0) is 80.2 Å². The minimum absolute atomic E-state index is 0.188. The molecule has 4 aliphatic rings. The monoisotopic (exact) mass is 549 g/mol. The Labute approximate surface area is 236 Å². The number of nitrogens with one attached hydrogen (secondary N) is 3. The number of hydrogen-bond acceptors (Lipinski definition) is 6. The van der Waals surface area contributed by atoms with Gasteiger partial charge in [0.15, 0.2) is 0 Å². The van der Waals surface area contributed by atoms with E-state index in [1.807, 2.05) is 54.9 Å². The number of hydrogen-bond donors (Lipinski definition) is 3. The molecule has 2 atom stereocenters. The Balaban J connectivity index is 1.23. The number of piperidine rings is 3. The van der Waals surface area contributed by atoms with Gasteiger partial charge in [0, 0.05) is 49.4 Å². The van der Waals surface area contributed by atoms with Gasteiger partial charge < -0.3 is 25.1 Å². The highest BCUT2D eigenvalue weighted by Crippen LogP contribution is 2.39. The number of benzene rings is 2. The number of aromatic amines is 2. The van der Waals surface area contributed by atoms with Gasteiger partial charge >= 0.3 is 0 Å². The summed E-state index contributed by atoms with van der Waals surface area (Å²) in [6.07, 6.45) is 6.82. The summed E-state index contributed by atoms with van der Waals surface area (Å²) in [6, 6.07) is 15.4. The number of pyridine rings is 2. The zero-order valence-corrected chi connectivity index (χ0v) is 22.7. The molecule has 3 N–H and O–H groups in total. The summed E-state index contributed by atoms with van der Waals surface area (Å²) in [5.74, 6) is 1.04. The van der Waals surface area contributed by atoms with E-state index in [0.717, 1.165) is 63.0 Å². The Kier molecular flexibility index (Phi) is 5.80. The first-order chi connectivity index (χ1) is 20.1. The average Bonchev–Trinajstić information content (AvgIpc) is 3.66. The topological polar surface area (TPSA) is 92.9 Å². The summed E-state index contributed by atoms with van der Waals surface area (Å²) in [5.41, 5.74) is 4.85. The summed E-state index contributed by atoms with van der Waals surface area (Å²) in [5, 5.41) is 4.41. The Morgan fingerprint density at radius 1 is 0.927 bits per heavy atom. The van der Waals surface area contributed by atoms with E-state index in [1.165, 1.54) is 5.56 Å². The van der Waals surface area contributed by atoms with Crippen LogP contribution in [0.4, 0.5) is 15.8 Å². The minimum Gasteiger partial charge on any atom is -0.379 e.